The topological polar surface area (TPSA) is 32.8 Å². The number of aryl methyl sites for hydroxylation is 1. The van der Waals surface area contributed by atoms with Crippen LogP contribution in [0.1, 0.15) is 51.5 Å². The number of carbonyl (C=O) groups excluding carboxylic acids is 1. The maximum Gasteiger partial charge on any atom is 0.133 e. The van der Waals surface area contributed by atoms with Crippen LogP contribution in [0, 0.1) is 30.1 Å². The van der Waals surface area contributed by atoms with Gasteiger partial charge >= 0.3 is 0 Å². The summed E-state index contributed by atoms with van der Waals surface area (Å²) in [6.45, 7) is 12.6. The molecule has 0 radical (unpaired) electrons. The van der Waals surface area contributed by atoms with E-state index in [1.807, 2.05) is 0 Å². The van der Waals surface area contributed by atoms with Crippen molar-refractivity contribution in [1.82, 2.24) is 4.90 Å². The Morgan fingerprint density at radius 2 is 1.84 bits per heavy atom. The molecule has 1 aromatic rings. The SMILES string of the molecule is Cc1ccccc1N1CCN(CC2(C)C(C)OC3C4CC(=O)CCC4CCC32)CC1.Cl. The van der Waals surface area contributed by atoms with Crippen molar-refractivity contribution in [3.63, 3.8) is 0 Å². The molecule has 6 atom stereocenters. The van der Waals surface area contributed by atoms with Crippen LogP contribution < -0.4 is 4.90 Å². The average Bonchev–Trinajstić information content (AvgIpc) is 2.99. The molecule has 2 aliphatic heterocycles. The number of nitrogens with zero attached hydrogens (tertiary/aromatic N) is 2. The molecule has 4 nitrogen and oxygen atoms in total. The van der Waals surface area contributed by atoms with Crippen LogP contribution in [0.4, 0.5) is 5.69 Å². The van der Waals surface area contributed by atoms with Gasteiger partial charge in [0.05, 0.1) is 12.2 Å². The van der Waals surface area contributed by atoms with Gasteiger partial charge < -0.3 is 9.64 Å². The Bertz CT molecular complexity index is 793. The monoisotopic (exact) mass is 446 g/mol. The number of fused-ring (bicyclic) bond motifs is 3. The normalized spacial score (nSPS) is 38.4. The lowest BCUT2D eigenvalue weighted by Crippen LogP contribution is -2.53. The van der Waals surface area contributed by atoms with Gasteiger partial charge in [0, 0.05) is 56.7 Å². The van der Waals surface area contributed by atoms with E-state index < -0.39 is 0 Å². The summed E-state index contributed by atoms with van der Waals surface area (Å²) >= 11 is 0. The third-order valence-electron chi connectivity index (χ3n) is 9.06. The minimum absolute atomic E-state index is 0. The van der Waals surface area contributed by atoms with Gasteiger partial charge in [0.2, 0.25) is 0 Å². The smallest absolute Gasteiger partial charge is 0.133 e. The molecule has 2 saturated carbocycles. The summed E-state index contributed by atoms with van der Waals surface area (Å²) in [6, 6.07) is 8.75. The number of para-hydroxylation sites is 1. The van der Waals surface area contributed by atoms with Crippen LogP contribution >= 0.6 is 12.4 Å². The second-order valence-electron chi connectivity index (χ2n) is 10.7. The van der Waals surface area contributed by atoms with Gasteiger partial charge in [0.15, 0.2) is 0 Å². The zero-order valence-electron chi connectivity index (χ0n) is 19.4. The van der Waals surface area contributed by atoms with E-state index in [0.717, 1.165) is 57.9 Å². The van der Waals surface area contributed by atoms with Crippen molar-refractivity contribution in [3.8, 4) is 0 Å². The maximum absolute atomic E-state index is 12.2. The molecule has 2 aliphatic carbocycles. The van der Waals surface area contributed by atoms with Crippen molar-refractivity contribution in [2.75, 3.05) is 37.6 Å². The summed E-state index contributed by atoms with van der Waals surface area (Å²) in [5, 5.41) is 0. The Morgan fingerprint density at radius 3 is 2.58 bits per heavy atom. The van der Waals surface area contributed by atoms with Gasteiger partial charge in [0.25, 0.3) is 0 Å². The Hall–Kier alpha value is -1.10. The third kappa shape index (κ3) is 4.16. The number of Topliss-reactive ketones (excluding diaryl/α,β-unsaturated/α-hetero) is 1. The summed E-state index contributed by atoms with van der Waals surface area (Å²) in [4.78, 5) is 17.4. The lowest BCUT2D eigenvalue weighted by atomic mass is 9.59. The Balaban J connectivity index is 0.00000231. The first-order valence-corrected chi connectivity index (χ1v) is 12.2. The number of benzene rings is 1. The Labute approximate surface area is 194 Å². The van der Waals surface area contributed by atoms with Gasteiger partial charge in [-0.2, -0.15) is 0 Å². The summed E-state index contributed by atoms with van der Waals surface area (Å²) in [5.74, 6) is 2.27. The molecule has 0 aromatic heterocycles. The second kappa shape index (κ2) is 9.03. The molecule has 6 unspecified atom stereocenters. The first-order chi connectivity index (χ1) is 14.5. The number of hydrogen-bond donors (Lipinski definition) is 0. The van der Waals surface area contributed by atoms with Crippen LogP contribution in [0.2, 0.25) is 0 Å². The van der Waals surface area contributed by atoms with Crippen molar-refractivity contribution in [2.45, 2.75) is 65.1 Å². The maximum atomic E-state index is 12.2. The molecule has 0 spiro atoms. The van der Waals surface area contributed by atoms with E-state index in [1.54, 1.807) is 0 Å². The van der Waals surface area contributed by atoms with Gasteiger partial charge in [0.1, 0.15) is 5.78 Å². The molecule has 2 saturated heterocycles. The predicted molar refractivity (Wildman–Crippen MR) is 128 cm³/mol. The molecule has 1 aromatic carbocycles. The summed E-state index contributed by atoms with van der Waals surface area (Å²) in [6.07, 6.45) is 5.83. The molecule has 4 aliphatic rings. The van der Waals surface area contributed by atoms with Crippen LogP contribution in [-0.2, 0) is 9.53 Å². The van der Waals surface area contributed by atoms with E-state index in [9.17, 15) is 4.79 Å². The molecule has 2 heterocycles. The second-order valence-corrected chi connectivity index (χ2v) is 10.7. The number of hydrogen-bond acceptors (Lipinski definition) is 4. The van der Waals surface area contributed by atoms with Gasteiger partial charge in [-0.3, -0.25) is 9.69 Å². The number of rotatable bonds is 3. The van der Waals surface area contributed by atoms with Crippen LogP contribution in [-0.4, -0.2) is 55.6 Å². The van der Waals surface area contributed by atoms with Crippen molar-refractivity contribution in [3.05, 3.63) is 29.8 Å². The average molecular weight is 447 g/mol. The minimum Gasteiger partial charge on any atom is -0.374 e. The van der Waals surface area contributed by atoms with Crippen LogP contribution in [0.3, 0.4) is 0 Å². The largest absolute Gasteiger partial charge is 0.374 e. The first kappa shape index (κ1) is 23.1. The minimum atomic E-state index is 0. The van der Waals surface area contributed by atoms with Crippen molar-refractivity contribution in [1.29, 1.82) is 0 Å². The molecule has 31 heavy (non-hydrogen) atoms. The highest BCUT2D eigenvalue weighted by Gasteiger charge is 2.57. The van der Waals surface area contributed by atoms with Crippen molar-refractivity contribution < 1.29 is 9.53 Å². The van der Waals surface area contributed by atoms with Gasteiger partial charge in [-0.15, -0.1) is 12.4 Å². The molecule has 0 amide bonds. The van der Waals surface area contributed by atoms with Crippen molar-refractivity contribution >= 4 is 23.9 Å². The number of piperazine rings is 1. The molecule has 0 N–H and O–H groups in total. The fourth-order valence-corrected chi connectivity index (χ4v) is 7.08. The number of halogens is 1. The highest BCUT2D eigenvalue weighted by Crippen LogP contribution is 2.55. The zero-order valence-corrected chi connectivity index (χ0v) is 20.2. The lowest BCUT2D eigenvalue weighted by molar-refractivity contribution is -0.128. The molecule has 0 bridgehead atoms. The van der Waals surface area contributed by atoms with E-state index >= 15 is 0 Å². The highest BCUT2D eigenvalue weighted by atomic mass is 35.5. The van der Waals surface area contributed by atoms with Gasteiger partial charge in [-0.1, -0.05) is 25.1 Å². The number of ketones is 1. The fraction of sp³-hybridized carbons (Fsp3) is 0.731. The molecule has 5 rings (SSSR count). The molecule has 4 fully saturated rings. The van der Waals surface area contributed by atoms with E-state index in [2.05, 4.69) is 54.8 Å². The molecule has 5 heteroatoms. The first-order valence-electron chi connectivity index (χ1n) is 12.2. The predicted octanol–water partition coefficient (Wildman–Crippen LogP) is 4.73. The zero-order chi connectivity index (χ0) is 20.9. The van der Waals surface area contributed by atoms with E-state index in [4.69, 9.17) is 4.74 Å². The number of anilines is 1. The molecule has 172 valence electrons. The Morgan fingerprint density at radius 1 is 1.10 bits per heavy atom. The third-order valence-corrected chi connectivity index (χ3v) is 9.06. The van der Waals surface area contributed by atoms with Gasteiger partial charge in [-0.05, 0) is 62.5 Å². The van der Waals surface area contributed by atoms with Crippen LogP contribution in [0.5, 0.6) is 0 Å². The van der Waals surface area contributed by atoms with E-state index in [-0.39, 0.29) is 23.9 Å². The summed E-state index contributed by atoms with van der Waals surface area (Å²) in [7, 11) is 0. The quantitative estimate of drug-likeness (QED) is 0.672. The van der Waals surface area contributed by atoms with Gasteiger partial charge in [-0.25, -0.2) is 0 Å². The molecular weight excluding hydrogens is 408 g/mol. The van der Waals surface area contributed by atoms with Crippen molar-refractivity contribution in [2.24, 2.45) is 23.2 Å². The highest BCUT2D eigenvalue weighted by molar-refractivity contribution is 5.85. The summed E-state index contributed by atoms with van der Waals surface area (Å²) < 4.78 is 6.66. The summed E-state index contributed by atoms with van der Waals surface area (Å²) in [5.41, 5.74) is 2.96. The molecular formula is C26H39ClN2O2. The van der Waals surface area contributed by atoms with Crippen LogP contribution in [0.15, 0.2) is 24.3 Å². The number of ether oxygens (including phenoxy) is 1. The van der Waals surface area contributed by atoms with E-state index in [1.165, 1.54) is 24.1 Å². The standard InChI is InChI=1S/C26H38N2O2.ClH/c1-18-6-4-5-7-24(18)28-14-12-27(13-15-28)17-26(3)19(2)30-25-22-16-21(29)10-8-20(22)9-11-23(25)26;/h4-7,19-20,22-23,25H,8-17H2,1-3H3;1H. The van der Waals surface area contributed by atoms with E-state index in [0.29, 0.717) is 23.7 Å². The van der Waals surface area contributed by atoms with Crippen LogP contribution in [0.25, 0.3) is 0 Å². The number of carbonyl (C=O) groups is 1. The lowest BCUT2D eigenvalue weighted by Gasteiger charge is -2.47. The fourth-order valence-electron chi connectivity index (χ4n) is 7.08. The Kier molecular flexibility index (Phi) is 6.72.